The zero-order valence-corrected chi connectivity index (χ0v) is 13.7. The maximum atomic E-state index is 11.5. The fraction of sp³-hybridized carbons (Fsp3) is 0.167. The van der Waals surface area contributed by atoms with Crippen LogP contribution in [0, 0.1) is 0 Å². The Labute approximate surface area is 133 Å². The fourth-order valence-electron chi connectivity index (χ4n) is 1.47. The highest BCUT2D eigenvalue weighted by molar-refractivity contribution is 9.10. The third-order valence-corrected chi connectivity index (χ3v) is 4.19. The average Bonchev–Trinajstić information content (AvgIpc) is 2.79. The van der Waals surface area contributed by atoms with Crippen molar-refractivity contribution < 1.29 is 14.3 Å². The van der Waals surface area contributed by atoms with Gasteiger partial charge in [-0.3, -0.25) is 0 Å². The Morgan fingerprint density at radius 1 is 1.45 bits per heavy atom. The number of thiazole rings is 1. The first kappa shape index (κ1) is 15.1. The molecule has 1 aromatic heterocycles. The number of benzene rings is 1. The topological polar surface area (TPSA) is 60.5 Å². The molecular weight excluding hydrogens is 368 g/mol. The third-order valence-electron chi connectivity index (χ3n) is 2.36. The monoisotopic (exact) mass is 376 g/mol. The van der Waals surface area contributed by atoms with Crippen LogP contribution in [-0.2, 0) is 4.74 Å². The van der Waals surface area contributed by atoms with Crippen molar-refractivity contribution in [1.82, 2.24) is 4.98 Å². The van der Waals surface area contributed by atoms with Crippen molar-refractivity contribution in [2.45, 2.75) is 0 Å². The van der Waals surface area contributed by atoms with E-state index in [2.05, 4.69) is 31.0 Å². The number of nitrogens with one attached hydrogen (secondary N) is 1. The number of halogens is 2. The first-order valence-corrected chi connectivity index (χ1v) is 7.39. The second kappa shape index (κ2) is 6.43. The minimum absolute atomic E-state index is 0.110. The van der Waals surface area contributed by atoms with Gasteiger partial charge in [-0.25, -0.2) is 9.78 Å². The van der Waals surface area contributed by atoms with Crippen LogP contribution in [0.5, 0.6) is 5.75 Å². The molecule has 5 nitrogen and oxygen atoms in total. The Morgan fingerprint density at radius 3 is 2.85 bits per heavy atom. The summed E-state index contributed by atoms with van der Waals surface area (Å²) in [5.74, 6) is 0.140. The molecule has 2 aromatic rings. The molecule has 8 heteroatoms. The molecule has 2 rings (SSSR count). The van der Waals surface area contributed by atoms with Gasteiger partial charge in [0.1, 0.15) is 5.75 Å². The average molecular weight is 378 g/mol. The molecule has 0 amide bonds. The minimum atomic E-state index is -0.512. The Kier molecular flexibility index (Phi) is 4.85. The van der Waals surface area contributed by atoms with Gasteiger partial charge >= 0.3 is 5.97 Å². The van der Waals surface area contributed by atoms with Crippen molar-refractivity contribution in [3.8, 4) is 5.75 Å². The molecule has 1 heterocycles. The molecule has 0 aliphatic rings. The van der Waals surface area contributed by atoms with Crippen LogP contribution in [0.4, 0.5) is 10.8 Å². The molecule has 0 saturated heterocycles. The highest BCUT2D eigenvalue weighted by Gasteiger charge is 2.18. The van der Waals surface area contributed by atoms with Crippen molar-refractivity contribution in [2.75, 3.05) is 19.5 Å². The summed E-state index contributed by atoms with van der Waals surface area (Å²) in [5, 5.41) is 3.65. The number of carbonyl (C=O) groups excluding carboxylic acids is 1. The Morgan fingerprint density at radius 2 is 2.20 bits per heavy atom. The van der Waals surface area contributed by atoms with Crippen LogP contribution in [0.2, 0.25) is 5.15 Å². The first-order valence-electron chi connectivity index (χ1n) is 5.40. The van der Waals surface area contributed by atoms with Gasteiger partial charge in [0.25, 0.3) is 0 Å². The molecule has 0 saturated carbocycles. The molecule has 0 aliphatic carbocycles. The summed E-state index contributed by atoms with van der Waals surface area (Å²) in [6.07, 6.45) is 0. The zero-order valence-electron chi connectivity index (χ0n) is 10.6. The van der Waals surface area contributed by atoms with E-state index in [-0.39, 0.29) is 10.0 Å². The van der Waals surface area contributed by atoms with E-state index in [9.17, 15) is 4.79 Å². The molecule has 0 atom stereocenters. The fourth-order valence-corrected chi connectivity index (χ4v) is 2.94. The summed E-state index contributed by atoms with van der Waals surface area (Å²) in [5.41, 5.74) is 0.712. The second-order valence-corrected chi connectivity index (χ2v) is 5.87. The lowest BCUT2D eigenvalue weighted by molar-refractivity contribution is 0.0606. The molecule has 0 bridgehead atoms. The molecule has 1 aromatic carbocycles. The highest BCUT2D eigenvalue weighted by atomic mass is 79.9. The second-order valence-electron chi connectivity index (χ2n) is 3.60. The summed E-state index contributed by atoms with van der Waals surface area (Å²) in [4.78, 5) is 15.8. The number of anilines is 2. The van der Waals surface area contributed by atoms with Gasteiger partial charge in [0, 0.05) is 4.47 Å². The number of rotatable bonds is 4. The molecule has 1 N–H and O–H groups in total. The van der Waals surface area contributed by atoms with Crippen LogP contribution >= 0.6 is 38.9 Å². The van der Waals surface area contributed by atoms with Gasteiger partial charge in [0.2, 0.25) is 0 Å². The smallest absolute Gasteiger partial charge is 0.351 e. The number of aromatic nitrogens is 1. The van der Waals surface area contributed by atoms with E-state index < -0.39 is 5.97 Å². The number of methoxy groups -OCH3 is 2. The van der Waals surface area contributed by atoms with Gasteiger partial charge in [0.05, 0.1) is 19.9 Å². The van der Waals surface area contributed by atoms with E-state index in [0.717, 1.165) is 15.8 Å². The number of hydrogen-bond donors (Lipinski definition) is 1. The molecule has 0 fully saturated rings. The van der Waals surface area contributed by atoms with E-state index in [1.54, 1.807) is 7.11 Å². The zero-order chi connectivity index (χ0) is 14.7. The molecule has 0 radical (unpaired) electrons. The van der Waals surface area contributed by atoms with Crippen molar-refractivity contribution in [2.24, 2.45) is 0 Å². The van der Waals surface area contributed by atoms with Crippen LogP contribution in [0.25, 0.3) is 0 Å². The van der Waals surface area contributed by atoms with E-state index in [0.29, 0.717) is 16.6 Å². The normalized spacial score (nSPS) is 10.2. The third kappa shape index (κ3) is 3.23. The molecule has 0 aliphatic heterocycles. The van der Waals surface area contributed by atoms with E-state index >= 15 is 0 Å². The lowest BCUT2D eigenvalue weighted by Crippen LogP contribution is -1.98. The van der Waals surface area contributed by atoms with E-state index in [4.69, 9.17) is 16.3 Å². The lowest BCUT2D eigenvalue weighted by atomic mass is 10.3. The van der Waals surface area contributed by atoms with Crippen LogP contribution in [-0.4, -0.2) is 25.2 Å². The van der Waals surface area contributed by atoms with Gasteiger partial charge in [-0.15, -0.1) is 0 Å². The van der Waals surface area contributed by atoms with Crippen LogP contribution in [0.1, 0.15) is 9.67 Å². The summed E-state index contributed by atoms with van der Waals surface area (Å²) in [6, 6.07) is 5.51. The number of hydrogen-bond acceptors (Lipinski definition) is 6. The molecule has 0 unspecified atom stereocenters. The molecular formula is C12H10BrClN2O3S. The largest absolute Gasteiger partial charge is 0.495 e. The Bertz CT molecular complexity index is 648. The summed E-state index contributed by atoms with van der Waals surface area (Å²) >= 11 is 10.4. The summed E-state index contributed by atoms with van der Waals surface area (Å²) in [7, 11) is 2.87. The quantitative estimate of drug-likeness (QED) is 0.813. The van der Waals surface area contributed by atoms with Gasteiger partial charge < -0.3 is 14.8 Å². The number of nitrogens with zero attached hydrogens (tertiary/aromatic N) is 1. The molecule has 20 heavy (non-hydrogen) atoms. The predicted molar refractivity (Wildman–Crippen MR) is 82.4 cm³/mol. The van der Waals surface area contributed by atoms with Crippen molar-refractivity contribution >= 4 is 55.7 Å². The summed E-state index contributed by atoms with van der Waals surface area (Å²) < 4.78 is 10.8. The lowest BCUT2D eigenvalue weighted by Gasteiger charge is -2.09. The maximum Gasteiger partial charge on any atom is 0.351 e. The van der Waals surface area contributed by atoms with Gasteiger partial charge in [-0.2, -0.15) is 0 Å². The van der Waals surface area contributed by atoms with Crippen LogP contribution in [0.15, 0.2) is 22.7 Å². The van der Waals surface area contributed by atoms with Gasteiger partial charge in [0.15, 0.2) is 15.2 Å². The summed E-state index contributed by atoms with van der Waals surface area (Å²) in [6.45, 7) is 0. The predicted octanol–water partition coefficient (Wildman–Crippen LogP) is 4.10. The van der Waals surface area contributed by atoms with Crippen LogP contribution in [0.3, 0.4) is 0 Å². The molecule has 0 spiro atoms. The highest BCUT2D eigenvalue weighted by Crippen LogP contribution is 2.34. The number of carbonyl (C=O) groups is 1. The van der Waals surface area contributed by atoms with Crippen molar-refractivity contribution in [1.29, 1.82) is 0 Å². The Hall–Kier alpha value is -1.31. The first-order chi connectivity index (χ1) is 9.55. The van der Waals surface area contributed by atoms with Gasteiger partial charge in [-0.1, -0.05) is 38.9 Å². The van der Waals surface area contributed by atoms with E-state index in [1.807, 2.05) is 18.2 Å². The van der Waals surface area contributed by atoms with Crippen molar-refractivity contribution in [3.05, 3.63) is 32.7 Å². The maximum absolute atomic E-state index is 11.5. The van der Waals surface area contributed by atoms with Gasteiger partial charge in [-0.05, 0) is 18.2 Å². The SMILES string of the molecule is COC(=O)c1sc(Nc2cc(Br)ccc2OC)nc1Cl. The van der Waals surface area contributed by atoms with Crippen LogP contribution < -0.4 is 10.1 Å². The number of ether oxygens (including phenoxy) is 2. The molecule has 106 valence electrons. The minimum Gasteiger partial charge on any atom is -0.495 e. The van der Waals surface area contributed by atoms with E-state index in [1.165, 1.54) is 7.11 Å². The Balaban J connectivity index is 2.31. The van der Waals surface area contributed by atoms with Crippen molar-refractivity contribution in [3.63, 3.8) is 0 Å². The standard InChI is InChI=1S/C12H10BrClN2O3S/c1-18-8-4-3-6(13)5-7(8)15-12-16-10(14)9(20-12)11(17)19-2/h3-5H,1-2H3,(H,15,16). The number of esters is 1.